The van der Waals surface area contributed by atoms with Crippen LogP contribution in [-0.2, 0) is 26.4 Å². The Labute approximate surface area is 129 Å². The van der Waals surface area contributed by atoms with Gasteiger partial charge in [0.15, 0.2) is 0 Å². The summed E-state index contributed by atoms with van der Waals surface area (Å²) in [4.78, 5) is 9.11. The van der Waals surface area contributed by atoms with E-state index < -0.39 is 0 Å². The van der Waals surface area contributed by atoms with Gasteiger partial charge in [-0.1, -0.05) is 6.07 Å². The number of rotatable bonds is 5. The highest BCUT2D eigenvalue weighted by molar-refractivity contribution is 6.17. The van der Waals surface area contributed by atoms with Gasteiger partial charge in [-0.05, 0) is 24.6 Å². The third-order valence-electron chi connectivity index (χ3n) is 3.78. The van der Waals surface area contributed by atoms with E-state index in [1.807, 2.05) is 19.4 Å². The highest BCUT2D eigenvalue weighted by atomic mass is 35.5. The molecule has 0 spiro atoms. The maximum atomic E-state index is 5.92. The Hall–Kier alpha value is -1.81. The van der Waals surface area contributed by atoms with E-state index >= 15 is 0 Å². The number of aryl methyl sites for hydroxylation is 5. The molecule has 3 rings (SSSR count). The van der Waals surface area contributed by atoms with Crippen LogP contribution in [0.15, 0.2) is 30.6 Å². The lowest BCUT2D eigenvalue weighted by Gasteiger charge is -2.09. The van der Waals surface area contributed by atoms with Crippen LogP contribution in [0.1, 0.15) is 17.2 Å². The molecule has 2 heterocycles. The van der Waals surface area contributed by atoms with Gasteiger partial charge in [0.1, 0.15) is 11.6 Å². The van der Waals surface area contributed by atoms with E-state index in [-0.39, 0.29) is 0 Å². The second-order valence-electron chi connectivity index (χ2n) is 5.32. The number of alkyl halides is 1. The van der Waals surface area contributed by atoms with Crippen LogP contribution in [0.25, 0.3) is 11.0 Å². The average molecular weight is 303 g/mol. The molecule has 0 unspecified atom stereocenters. The lowest BCUT2D eigenvalue weighted by Crippen LogP contribution is -2.09. The number of hydrogen-bond donors (Lipinski definition) is 0. The third kappa shape index (κ3) is 2.81. The zero-order valence-electron chi connectivity index (χ0n) is 12.4. The summed E-state index contributed by atoms with van der Waals surface area (Å²) in [7, 11) is 2.03. The Bertz CT molecular complexity index is 757. The Morgan fingerprint density at radius 2 is 2.05 bits per heavy atom. The first-order valence-corrected chi connectivity index (χ1v) is 7.70. The molecule has 1 aromatic carbocycles. The van der Waals surface area contributed by atoms with Gasteiger partial charge in [0, 0.05) is 44.7 Å². The molecule has 0 radical (unpaired) electrons. The first kappa shape index (κ1) is 14.1. The standard InChI is InChI=1S/C16H19ClN4/c1-12-3-4-13-14(11-12)21(16(19-13)5-7-17)9-6-15-18-8-10-20(15)2/h3-4,8,10-11H,5-7,9H2,1-2H3. The normalized spacial score (nSPS) is 11.4. The van der Waals surface area contributed by atoms with Crippen LogP contribution in [0.4, 0.5) is 0 Å². The van der Waals surface area contributed by atoms with Gasteiger partial charge in [-0.15, -0.1) is 11.6 Å². The molecule has 0 N–H and O–H groups in total. The van der Waals surface area contributed by atoms with E-state index in [2.05, 4.69) is 39.2 Å². The van der Waals surface area contributed by atoms with Crippen molar-refractivity contribution in [1.82, 2.24) is 19.1 Å². The van der Waals surface area contributed by atoms with Gasteiger partial charge in [0.05, 0.1) is 11.0 Å². The number of fused-ring (bicyclic) bond motifs is 1. The van der Waals surface area contributed by atoms with E-state index in [0.717, 1.165) is 36.6 Å². The van der Waals surface area contributed by atoms with Crippen LogP contribution >= 0.6 is 11.6 Å². The fourth-order valence-electron chi connectivity index (χ4n) is 2.66. The van der Waals surface area contributed by atoms with Crippen LogP contribution in [0, 0.1) is 6.92 Å². The zero-order chi connectivity index (χ0) is 14.8. The monoisotopic (exact) mass is 302 g/mol. The van der Waals surface area contributed by atoms with Crippen LogP contribution < -0.4 is 0 Å². The summed E-state index contributed by atoms with van der Waals surface area (Å²) in [6.45, 7) is 2.98. The van der Waals surface area contributed by atoms with Gasteiger partial charge in [-0.3, -0.25) is 0 Å². The van der Waals surface area contributed by atoms with E-state index in [1.54, 1.807) is 0 Å². The molecule has 0 bridgehead atoms. The molecule has 21 heavy (non-hydrogen) atoms. The number of nitrogens with zero attached hydrogens (tertiary/aromatic N) is 4. The lowest BCUT2D eigenvalue weighted by molar-refractivity contribution is 0.638. The summed E-state index contributed by atoms with van der Waals surface area (Å²) in [5.41, 5.74) is 3.47. The molecule has 5 heteroatoms. The molecule has 0 aliphatic rings. The van der Waals surface area contributed by atoms with Crippen molar-refractivity contribution in [2.45, 2.75) is 26.3 Å². The molecular weight excluding hydrogens is 284 g/mol. The third-order valence-corrected chi connectivity index (χ3v) is 3.97. The van der Waals surface area contributed by atoms with Gasteiger partial charge in [-0.25, -0.2) is 9.97 Å². The quantitative estimate of drug-likeness (QED) is 0.679. The van der Waals surface area contributed by atoms with Crippen molar-refractivity contribution in [2.75, 3.05) is 5.88 Å². The van der Waals surface area contributed by atoms with E-state index in [4.69, 9.17) is 16.6 Å². The van der Waals surface area contributed by atoms with Crippen LogP contribution in [0.5, 0.6) is 0 Å². The molecule has 0 fully saturated rings. The van der Waals surface area contributed by atoms with Gasteiger partial charge in [0.2, 0.25) is 0 Å². The number of benzene rings is 1. The van der Waals surface area contributed by atoms with Gasteiger partial charge in [-0.2, -0.15) is 0 Å². The minimum Gasteiger partial charge on any atom is -0.338 e. The summed E-state index contributed by atoms with van der Waals surface area (Å²) in [5, 5.41) is 0. The minimum absolute atomic E-state index is 0.588. The van der Waals surface area contributed by atoms with Gasteiger partial charge in [0.25, 0.3) is 0 Å². The molecule has 0 aliphatic heterocycles. The van der Waals surface area contributed by atoms with Crippen molar-refractivity contribution >= 4 is 22.6 Å². The Kier molecular flexibility index (Phi) is 3.97. The molecule has 110 valence electrons. The van der Waals surface area contributed by atoms with Crippen molar-refractivity contribution in [3.05, 3.63) is 47.8 Å². The lowest BCUT2D eigenvalue weighted by atomic mass is 10.2. The fraction of sp³-hybridized carbons (Fsp3) is 0.375. The zero-order valence-corrected chi connectivity index (χ0v) is 13.1. The van der Waals surface area contributed by atoms with Crippen molar-refractivity contribution in [3.8, 4) is 0 Å². The molecule has 0 saturated carbocycles. The number of halogens is 1. The molecule has 0 aliphatic carbocycles. The van der Waals surface area contributed by atoms with E-state index in [1.165, 1.54) is 11.1 Å². The first-order valence-electron chi connectivity index (χ1n) is 7.17. The molecular formula is C16H19ClN4. The summed E-state index contributed by atoms with van der Waals surface area (Å²) in [5.74, 6) is 2.73. The highest BCUT2D eigenvalue weighted by Crippen LogP contribution is 2.19. The van der Waals surface area contributed by atoms with Crippen molar-refractivity contribution in [3.63, 3.8) is 0 Å². The van der Waals surface area contributed by atoms with Gasteiger partial charge < -0.3 is 9.13 Å². The van der Waals surface area contributed by atoms with E-state index in [9.17, 15) is 0 Å². The van der Waals surface area contributed by atoms with Crippen molar-refractivity contribution in [1.29, 1.82) is 0 Å². The van der Waals surface area contributed by atoms with Gasteiger partial charge >= 0.3 is 0 Å². The predicted molar refractivity (Wildman–Crippen MR) is 85.8 cm³/mol. The van der Waals surface area contributed by atoms with Crippen molar-refractivity contribution in [2.24, 2.45) is 7.05 Å². The van der Waals surface area contributed by atoms with Crippen LogP contribution in [-0.4, -0.2) is 25.0 Å². The molecule has 0 saturated heterocycles. The fourth-order valence-corrected chi connectivity index (χ4v) is 2.83. The van der Waals surface area contributed by atoms with Crippen LogP contribution in [0.3, 0.4) is 0 Å². The maximum absolute atomic E-state index is 5.92. The second kappa shape index (κ2) is 5.90. The number of imidazole rings is 2. The predicted octanol–water partition coefficient (Wildman–Crippen LogP) is 3.10. The SMILES string of the molecule is Cc1ccc2nc(CCCl)n(CCc3nccn3C)c2c1. The Morgan fingerprint density at radius 3 is 2.76 bits per heavy atom. The maximum Gasteiger partial charge on any atom is 0.111 e. The topological polar surface area (TPSA) is 35.6 Å². The summed E-state index contributed by atoms with van der Waals surface area (Å²) < 4.78 is 4.34. The summed E-state index contributed by atoms with van der Waals surface area (Å²) in [6.07, 6.45) is 5.49. The number of aromatic nitrogens is 4. The van der Waals surface area contributed by atoms with Crippen LogP contribution in [0.2, 0.25) is 0 Å². The molecule has 3 aromatic rings. The molecule has 2 aromatic heterocycles. The average Bonchev–Trinajstić information content (AvgIpc) is 3.01. The van der Waals surface area contributed by atoms with Crippen molar-refractivity contribution < 1.29 is 0 Å². The summed E-state index contributed by atoms with van der Waals surface area (Å²) in [6, 6.07) is 6.38. The Balaban J connectivity index is 1.96. The minimum atomic E-state index is 0.588. The smallest absolute Gasteiger partial charge is 0.111 e. The number of hydrogen-bond acceptors (Lipinski definition) is 2. The highest BCUT2D eigenvalue weighted by Gasteiger charge is 2.11. The molecule has 0 amide bonds. The summed E-state index contributed by atoms with van der Waals surface area (Å²) >= 11 is 5.92. The first-order chi connectivity index (χ1) is 10.2. The Morgan fingerprint density at radius 1 is 1.19 bits per heavy atom. The molecule has 0 atom stereocenters. The molecule has 4 nitrogen and oxygen atoms in total. The second-order valence-corrected chi connectivity index (χ2v) is 5.69. The van der Waals surface area contributed by atoms with E-state index in [0.29, 0.717) is 5.88 Å². The largest absolute Gasteiger partial charge is 0.338 e.